The van der Waals surface area contributed by atoms with Crippen LogP contribution in [0.25, 0.3) is 76.9 Å². The lowest BCUT2D eigenvalue weighted by atomic mass is 10.0. The minimum absolute atomic E-state index is 1.03. The highest BCUT2D eigenvalue weighted by Gasteiger charge is 2.19. The van der Waals surface area contributed by atoms with E-state index in [9.17, 15) is 0 Å². The molecular formula is C52H37N3. The Balaban J connectivity index is 0.981. The van der Waals surface area contributed by atoms with Gasteiger partial charge in [0.15, 0.2) is 0 Å². The Bertz CT molecular complexity index is 3120. The topological polar surface area (TPSA) is 13.1 Å². The molecule has 8 aromatic carbocycles. The lowest BCUT2D eigenvalue weighted by Crippen LogP contribution is -2.16. The number of fused-ring (bicyclic) bond motifs is 7. The third-order valence-corrected chi connectivity index (χ3v) is 11.3. The molecule has 260 valence electrons. The summed E-state index contributed by atoms with van der Waals surface area (Å²) < 4.78 is 4.80. The van der Waals surface area contributed by atoms with Crippen molar-refractivity contribution in [3.05, 3.63) is 206 Å². The van der Waals surface area contributed by atoms with E-state index in [2.05, 4.69) is 214 Å². The molecule has 3 heteroatoms. The average molecular weight is 704 g/mol. The molecule has 3 nitrogen and oxygen atoms in total. The van der Waals surface area contributed by atoms with Gasteiger partial charge in [0, 0.05) is 50.0 Å². The maximum Gasteiger partial charge on any atom is 0.0561 e. The molecule has 1 aliphatic carbocycles. The van der Waals surface area contributed by atoms with Crippen molar-refractivity contribution >= 4 is 65.8 Å². The molecular weight excluding hydrogens is 667 g/mol. The molecule has 0 radical (unpaired) electrons. The molecule has 0 unspecified atom stereocenters. The Morgan fingerprint density at radius 2 is 0.927 bits per heavy atom. The van der Waals surface area contributed by atoms with Gasteiger partial charge in [-0.3, -0.25) is 0 Å². The van der Waals surface area contributed by atoms with Crippen LogP contribution >= 0.6 is 0 Å². The Kier molecular flexibility index (Phi) is 7.31. The predicted molar refractivity (Wildman–Crippen MR) is 233 cm³/mol. The highest BCUT2D eigenvalue weighted by Crippen LogP contribution is 2.40. The Hall–Kier alpha value is -7.10. The van der Waals surface area contributed by atoms with Gasteiger partial charge in [-0.25, -0.2) is 0 Å². The molecule has 11 rings (SSSR count). The van der Waals surface area contributed by atoms with Crippen molar-refractivity contribution in [2.75, 3.05) is 4.90 Å². The number of anilines is 2. The minimum atomic E-state index is 1.03. The molecule has 55 heavy (non-hydrogen) atoms. The van der Waals surface area contributed by atoms with Crippen LogP contribution in [0.2, 0.25) is 0 Å². The van der Waals surface area contributed by atoms with Gasteiger partial charge in [-0.05, 0) is 114 Å². The van der Waals surface area contributed by atoms with E-state index in [0.717, 1.165) is 35.6 Å². The molecule has 2 aromatic heterocycles. The predicted octanol–water partition coefficient (Wildman–Crippen LogP) is 14.1. The molecule has 0 aliphatic heterocycles. The van der Waals surface area contributed by atoms with Crippen LogP contribution < -0.4 is 4.90 Å². The molecule has 0 atom stereocenters. The van der Waals surface area contributed by atoms with E-state index in [1.165, 1.54) is 71.2 Å². The zero-order valence-electron chi connectivity index (χ0n) is 30.3. The van der Waals surface area contributed by atoms with Crippen LogP contribution in [-0.4, -0.2) is 9.13 Å². The number of benzene rings is 8. The number of hydrogen-bond donors (Lipinski definition) is 0. The van der Waals surface area contributed by atoms with Gasteiger partial charge < -0.3 is 14.0 Å². The summed E-state index contributed by atoms with van der Waals surface area (Å²) in [4.78, 5) is 2.40. The van der Waals surface area contributed by atoms with Crippen LogP contribution in [0.5, 0.6) is 0 Å². The van der Waals surface area contributed by atoms with E-state index in [1.807, 2.05) is 0 Å². The van der Waals surface area contributed by atoms with Gasteiger partial charge in [0.2, 0.25) is 0 Å². The lowest BCUT2D eigenvalue weighted by Gasteiger charge is -2.28. The lowest BCUT2D eigenvalue weighted by molar-refractivity contribution is 0.997. The number of rotatable bonds is 6. The largest absolute Gasteiger partial charge is 0.311 e. The van der Waals surface area contributed by atoms with Crippen LogP contribution in [0.1, 0.15) is 12.8 Å². The summed E-state index contributed by atoms with van der Waals surface area (Å²) in [5.41, 5.74) is 13.0. The van der Waals surface area contributed by atoms with Crippen LogP contribution in [0.3, 0.4) is 0 Å². The number of allylic oxidation sites excluding steroid dienone is 3. The van der Waals surface area contributed by atoms with Crippen molar-refractivity contribution < 1.29 is 0 Å². The first-order valence-corrected chi connectivity index (χ1v) is 19.2. The standard InChI is InChI=1S/C52H37N3/c1-3-15-40(16-4-1)53(44-31-32-47-45-19-9-11-21-49(45)54(52(47)35-44)41-17-5-2-6-18-41)42-27-23-36(24-28-42)37-25-29-43(30-26-37)55-50-22-12-10-20-46(50)48-33-38-13-7-8-14-39(38)34-51(48)55/h2-3,5-35H,1,4H2. The van der Waals surface area contributed by atoms with Crippen LogP contribution in [0, 0.1) is 0 Å². The summed E-state index contributed by atoms with van der Waals surface area (Å²) in [5.74, 6) is 0. The van der Waals surface area contributed by atoms with E-state index in [4.69, 9.17) is 0 Å². The highest BCUT2D eigenvalue weighted by molar-refractivity contribution is 6.14. The maximum atomic E-state index is 2.40. The van der Waals surface area contributed by atoms with E-state index in [0.29, 0.717) is 0 Å². The molecule has 0 N–H and O–H groups in total. The number of para-hydroxylation sites is 3. The zero-order chi connectivity index (χ0) is 36.3. The van der Waals surface area contributed by atoms with Crippen molar-refractivity contribution in [1.29, 1.82) is 0 Å². The Morgan fingerprint density at radius 1 is 0.382 bits per heavy atom. The summed E-state index contributed by atoms with van der Waals surface area (Å²) in [6.07, 6.45) is 9.02. The first-order chi connectivity index (χ1) is 27.3. The SMILES string of the molecule is C1=CC(N(c2ccc(-c3ccc(-n4c5ccccc5c5cc6ccccc6cc54)cc3)cc2)c2ccc3c4ccccc4n(-c4ccccc4)c3c2)=CCC1. The molecule has 0 spiro atoms. The van der Waals surface area contributed by atoms with Gasteiger partial charge >= 0.3 is 0 Å². The molecule has 0 amide bonds. The molecule has 0 fully saturated rings. The third-order valence-electron chi connectivity index (χ3n) is 11.3. The third kappa shape index (κ3) is 5.20. The molecule has 0 bridgehead atoms. The van der Waals surface area contributed by atoms with Crippen LogP contribution in [0.4, 0.5) is 11.4 Å². The van der Waals surface area contributed by atoms with E-state index in [1.54, 1.807) is 0 Å². The van der Waals surface area contributed by atoms with Crippen molar-refractivity contribution in [2.24, 2.45) is 0 Å². The van der Waals surface area contributed by atoms with E-state index in [-0.39, 0.29) is 0 Å². The maximum absolute atomic E-state index is 2.40. The van der Waals surface area contributed by atoms with Crippen molar-refractivity contribution in [2.45, 2.75) is 12.8 Å². The van der Waals surface area contributed by atoms with Gasteiger partial charge in [-0.1, -0.05) is 121 Å². The highest BCUT2D eigenvalue weighted by atomic mass is 15.1. The molecule has 1 aliphatic rings. The molecule has 0 saturated carbocycles. The Labute approximate surface area is 319 Å². The minimum Gasteiger partial charge on any atom is -0.311 e. The smallest absolute Gasteiger partial charge is 0.0561 e. The number of hydrogen-bond acceptors (Lipinski definition) is 1. The van der Waals surface area contributed by atoms with Crippen LogP contribution in [-0.2, 0) is 0 Å². The molecule has 2 heterocycles. The van der Waals surface area contributed by atoms with Gasteiger partial charge in [0.1, 0.15) is 0 Å². The zero-order valence-corrected chi connectivity index (χ0v) is 30.3. The first-order valence-electron chi connectivity index (χ1n) is 19.2. The normalized spacial score (nSPS) is 13.0. The van der Waals surface area contributed by atoms with E-state index >= 15 is 0 Å². The van der Waals surface area contributed by atoms with Gasteiger partial charge in [0.05, 0.1) is 22.1 Å². The van der Waals surface area contributed by atoms with Crippen molar-refractivity contribution in [1.82, 2.24) is 9.13 Å². The fraction of sp³-hybridized carbons (Fsp3) is 0.0385. The summed E-state index contributed by atoms with van der Waals surface area (Å²) in [6, 6.07) is 66.5. The molecule has 10 aromatic rings. The van der Waals surface area contributed by atoms with Gasteiger partial charge in [-0.15, -0.1) is 0 Å². The Morgan fingerprint density at radius 3 is 1.62 bits per heavy atom. The quantitative estimate of drug-likeness (QED) is 0.168. The number of aromatic nitrogens is 2. The van der Waals surface area contributed by atoms with Crippen molar-refractivity contribution in [3.8, 4) is 22.5 Å². The second-order valence-corrected chi connectivity index (χ2v) is 14.5. The fourth-order valence-electron chi connectivity index (χ4n) is 8.71. The van der Waals surface area contributed by atoms with Crippen LogP contribution in [0.15, 0.2) is 206 Å². The second kappa shape index (κ2) is 12.8. The van der Waals surface area contributed by atoms with Gasteiger partial charge in [0.25, 0.3) is 0 Å². The van der Waals surface area contributed by atoms with Crippen molar-refractivity contribution in [3.63, 3.8) is 0 Å². The molecule has 0 saturated heterocycles. The summed E-state index contributed by atoms with van der Waals surface area (Å²) in [5, 5.41) is 7.59. The summed E-state index contributed by atoms with van der Waals surface area (Å²) in [6.45, 7) is 0. The summed E-state index contributed by atoms with van der Waals surface area (Å²) >= 11 is 0. The first kappa shape index (κ1) is 31.4. The average Bonchev–Trinajstić information content (AvgIpc) is 3.76. The van der Waals surface area contributed by atoms with Gasteiger partial charge in [-0.2, -0.15) is 0 Å². The monoisotopic (exact) mass is 703 g/mol. The van der Waals surface area contributed by atoms with E-state index < -0.39 is 0 Å². The number of nitrogens with zero attached hydrogens (tertiary/aromatic N) is 3. The second-order valence-electron chi connectivity index (χ2n) is 14.5. The fourth-order valence-corrected chi connectivity index (χ4v) is 8.71. The summed E-state index contributed by atoms with van der Waals surface area (Å²) in [7, 11) is 0.